The van der Waals surface area contributed by atoms with Gasteiger partial charge in [0, 0.05) is 7.11 Å². The van der Waals surface area contributed by atoms with Gasteiger partial charge >= 0.3 is 6.18 Å². The van der Waals surface area contributed by atoms with E-state index in [2.05, 4.69) is 23.3 Å². The lowest BCUT2D eigenvalue weighted by Crippen LogP contribution is -2.34. The van der Waals surface area contributed by atoms with Crippen LogP contribution in [0.3, 0.4) is 0 Å². The van der Waals surface area contributed by atoms with Gasteiger partial charge in [0.25, 0.3) is 11.1 Å². The Morgan fingerprint density at radius 3 is 2.18 bits per heavy atom. The third-order valence-electron chi connectivity index (χ3n) is 3.35. The Morgan fingerprint density at radius 1 is 1.07 bits per heavy atom. The highest BCUT2D eigenvalue weighted by molar-refractivity contribution is 7.96. The van der Waals surface area contributed by atoms with Crippen LogP contribution in [0, 0.1) is 0 Å². The summed E-state index contributed by atoms with van der Waals surface area (Å²) in [5.41, 5.74) is 1.08. The highest BCUT2D eigenvalue weighted by atomic mass is 32.1. The largest absolute Gasteiger partial charge is 0.393 e. The molecule has 0 spiro atoms. The van der Waals surface area contributed by atoms with Gasteiger partial charge in [-0.05, 0) is 24.6 Å². The lowest BCUT2D eigenvalue weighted by Gasteiger charge is -2.14. The summed E-state index contributed by atoms with van der Waals surface area (Å²) in [4.78, 5) is 22.7. The molecular formula is C19H21F3N2O3S. The van der Waals surface area contributed by atoms with E-state index in [0.717, 1.165) is 0 Å². The van der Waals surface area contributed by atoms with E-state index >= 15 is 0 Å². The summed E-state index contributed by atoms with van der Waals surface area (Å²) in [6, 6.07) is 14.5. The first-order valence-electron chi connectivity index (χ1n) is 8.15. The van der Waals surface area contributed by atoms with Crippen molar-refractivity contribution in [2.45, 2.75) is 25.7 Å². The first kappa shape index (κ1) is 23.5. The van der Waals surface area contributed by atoms with Crippen LogP contribution in [0.4, 0.5) is 23.7 Å². The number of benzene rings is 2. The second-order valence-electron chi connectivity index (χ2n) is 5.60. The van der Waals surface area contributed by atoms with Crippen LogP contribution in [-0.2, 0) is 11.2 Å². The molecular weight excluding hydrogens is 393 g/mol. The van der Waals surface area contributed by atoms with Crippen molar-refractivity contribution in [2.24, 2.45) is 0 Å². The Kier molecular flexibility index (Phi) is 9.54. The molecule has 0 bridgehead atoms. The Bertz CT molecular complexity index is 771. The minimum Gasteiger partial charge on any atom is -0.362 e. The van der Waals surface area contributed by atoms with Gasteiger partial charge < -0.3 is 15.4 Å². The summed E-state index contributed by atoms with van der Waals surface area (Å²) in [5.74, 6) is -0.322. The standard InChI is InChI=1S/C11H14N2O3S.C8H7F3/c1-7(16-2)12-10(14)8-5-3-4-6-9(8)13-11(15)17;9-8(10,11)6-7-4-2-1-3-5-7/h3-7H,1-2H3,(H,12,14)(H2,13,15,17);1-5H,6H2. The fraction of sp³-hybridized carbons (Fsp3) is 0.263. The van der Waals surface area contributed by atoms with Crippen LogP contribution in [-0.4, -0.2) is 30.7 Å². The number of anilines is 1. The van der Waals surface area contributed by atoms with E-state index in [4.69, 9.17) is 4.74 Å². The number of nitrogens with one attached hydrogen (secondary N) is 2. The zero-order chi connectivity index (χ0) is 21.2. The molecule has 0 aliphatic carbocycles. The van der Waals surface area contributed by atoms with Crippen LogP contribution >= 0.6 is 12.6 Å². The molecule has 5 nitrogen and oxygen atoms in total. The van der Waals surface area contributed by atoms with Gasteiger partial charge in [-0.3, -0.25) is 9.59 Å². The Morgan fingerprint density at radius 2 is 1.64 bits per heavy atom. The maximum Gasteiger partial charge on any atom is 0.393 e. The SMILES string of the molecule is COC(C)NC(=O)c1ccccc1NC(=O)S.FC(F)(F)Cc1ccccc1. The Balaban J connectivity index is 0.000000307. The maximum atomic E-state index is 11.8. The van der Waals surface area contributed by atoms with E-state index < -0.39 is 24.1 Å². The second kappa shape index (κ2) is 11.4. The van der Waals surface area contributed by atoms with Gasteiger partial charge in [-0.25, -0.2) is 0 Å². The summed E-state index contributed by atoms with van der Waals surface area (Å²) < 4.78 is 40.2. The average Bonchev–Trinajstić information content (AvgIpc) is 2.61. The van der Waals surface area contributed by atoms with E-state index in [9.17, 15) is 22.8 Å². The molecule has 2 aromatic rings. The molecule has 0 aromatic heterocycles. The molecule has 0 saturated carbocycles. The molecule has 152 valence electrons. The predicted molar refractivity (Wildman–Crippen MR) is 105 cm³/mol. The molecule has 2 N–H and O–H groups in total. The van der Waals surface area contributed by atoms with Gasteiger partial charge in [0.1, 0.15) is 6.23 Å². The number of rotatable bonds is 5. The summed E-state index contributed by atoms with van der Waals surface area (Å²) in [6.45, 7) is 1.71. The van der Waals surface area contributed by atoms with Crippen molar-refractivity contribution >= 4 is 29.5 Å². The number of alkyl halides is 3. The molecule has 0 saturated heterocycles. The second-order valence-corrected chi connectivity index (χ2v) is 6.01. The number of para-hydroxylation sites is 1. The minimum absolute atomic E-state index is 0.306. The quantitative estimate of drug-likeness (QED) is 0.492. The molecule has 2 aromatic carbocycles. The molecule has 0 aliphatic rings. The Labute approximate surface area is 166 Å². The number of hydrogen-bond acceptors (Lipinski definition) is 3. The Hall–Kier alpha value is -2.52. The summed E-state index contributed by atoms with van der Waals surface area (Å²) in [5, 5.41) is 4.57. The fourth-order valence-corrected chi connectivity index (χ4v) is 2.17. The highest BCUT2D eigenvalue weighted by Crippen LogP contribution is 2.20. The maximum absolute atomic E-state index is 11.8. The van der Waals surface area contributed by atoms with Crippen LogP contribution in [0.1, 0.15) is 22.8 Å². The molecule has 0 aliphatic heterocycles. The lowest BCUT2D eigenvalue weighted by atomic mass is 10.1. The van der Waals surface area contributed by atoms with Crippen LogP contribution in [0.5, 0.6) is 0 Å². The average molecular weight is 414 g/mol. The van der Waals surface area contributed by atoms with E-state index in [-0.39, 0.29) is 5.91 Å². The number of thiol groups is 1. The van der Waals surface area contributed by atoms with Crippen LogP contribution < -0.4 is 10.6 Å². The van der Waals surface area contributed by atoms with Gasteiger partial charge in [-0.2, -0.15) is 13.2 Å². The van der Waals surface area contributed by atoms with Gasteiger partial charge in [0.05, 0.1) is 17.7 Å². The van der Waals surface area contributed by atoms with Gasteiger partial charge in [0.15, 0.2) is 0 Å². The fourth-order valence-electron chi connectivity index (χ4n) is 2.05. The van der Waals surface area contributed by atoms with E-state index in [1.165, 1.54) is 19.2 Å². The minimum atomic E-state index is -4.10. The number of carbonyl (C=O) groups excluding carboxylic acids is 2. The molecule has 2 rings (SSSR count). The normalized spacial score (nSPS) is 11.6. The van der Waals surface area contributed by atoms with Crippen molar-refractivity contribution in [1.29, 1.82) is 0 Å². The molecule has 0 fully saturated rings. The smallest absolute Gasteiger partial charge is 0.362 e. The summed E-state index contributed by atoms with van der Waals surface area (Å²) in [7, 11) is 1.49. The van der Waals surface area contributed by atoms with Gasteiger partial charge in [-0.15, -0.1) is 0 Å². The molecule has 1 unspecified atom stereocenters. The van der Waals surface area contributed by atoms with Crippen LogP contribution in [0.25, 0.3) is 0 Å². The van der Waals surface area contributed by atoms with Crippen molar-refractivity contribution in [3.8, 4) is 0 Å². The third kappa shape index (κ3) is 9.43. The number of amides is 2. The number of hydrogen-bond donors (Lipinski definition) is 3. The van der Waals surface area contributed by atoms with E-state index in [0.29, 0.717) is 16.8 Å². The van der Waals surface area contributed by atoms with Crippen molar-refractivity contribution in [2.75, 3.05) is 12.4 Å². The predicted octanol–water partition coefficient (Wildman–Crippen LogP) is 4.66. The van der Waals surface area contributed by atoms with Crippen LogP contribution in [0.2, 0.25) is 0 Å². The lowest BCUT2D eigenvalue weighted by molar-refractivity contribution is -0.127. The number of methoxy groups -OCH3 is 1. The third-order valence-corrected chi connectivity index (χ3v) is 3.46. The number of halogens is 3. The van der Waals surface area contributed by atoms with Crippen molar-refractivity contribution in [3.63, 3.8) is 0 Å². The molecule has 0 radical (unpaired) electrons. The van der Waals surface area contributed by atoms with Gasteiger partial charge in [-0.1, -0.05) is 55.1 Å². The molecule has 1 atom stereocenters. The van der Waals surface area contributed by atoms with Crippen molar-refractivity contribution in [1.82, 2.24) is 5.32 Å². The van der Waals surface area contributed by atoms with Gasteiger partial charge in [0.2, 0.25) is 0 Å². The molecule has 9 heteroatoms. The summed E-state index contributed by atoms with van der Waals surface area (Å²) >= 11 is 3.61. The number of carbonyl (C=O) groups is 2. The zero-order valence-corrected chi connectivity index (χ0v) is 16.2. The molecule has 0 heterocycles. The highest BCUT2D eigenvalue weighted by Gasteiger charge is 2.27. The topological polar surface area (TPSA) is 67.4 Å². The number of ether oxygens (including phenoxy) is 1. The van der Waals surface area contributed by atoms with Crippen LogP contribution in [0.15, 0.2) is 54.6 Å². The first-order chi connectivity index (χ1) is 13.1. The van der Waals surface area contributed by atoms with E-state index in [1.807, 2.05) is 0 Å². The summed E-state index contributed by atoms with van der Waals surface area (Å²) in [6.07, 6.45) is -5.34. The monoisotopic (exact) mass is 414 g/mol. The van der Waals surface area contributed by atoms with E-state index in [1.54, 1.807) is 49.4 Å². The molecule has 28 heavy (non-hydrogen) atoms. The molecule has 2 amide bonds. The van der Waals surface area contributed by atoms with Crippen molar-refractivity contribution < 1.29 is 27.5 Å². The first-order valence-corrected chi connectivity index (χ1v) is 8.60. The zero-order valence-electron chi connectivity index (χ0n) is 15.3. The van der Waals surface area contributed by atoms with Crippen molar-refractivity contribution in [3.05, 3.63) is 65.7 Å².